The number of fused-ring (bicyclic) bond motifs is 5. The smallest absolute Gasteiger partial charge is 0.238 e. The first-order valence-corrected chi connectivity index (χ1v) is 13.7. The SMILES string of the molecule is c1ccc(-c2ccc3c(ccc4c3c3ccccc3n4-c3nc(-c4ccccc4)nc(-c4ccccc4)n3)c2)cc1. The van der Waals surface area contributed by atoms with E-state index in [9.17, 15) is 0 Å². The minimum Gasteiger partial charge on any atom is -0.278 e. The van der Waals surface area contributed by atoms with E-state index in [2.05, 4.69) is 89.5 Å². The van der Waals surface area contributed by atoms with Crippen molar-refractivity contribution in [1.82, 2.24) is 19.5 Å². The molecule has 8 aromatic rings. The van der Waals surface area contributed by atoms with Gasteiger partial charge in [-0.3, -0.25) is 4.57 Å². The van der Waals surface area contributed by atoms with Crippen LogP contribution in [0.3, 0.4) is 0 Å². The fraction of sp³-hybridized carbons (Fsp3) is 0. The van der Waals surface area contributed by atoms with Crippen LogP contribution < -0.4 is 0 Å². The van der Waals surface area contributed by atoms with Crippen LogP contribution in [0.2, 0.25) is 0 Å². The molecule has 41 heavy (non-hydrogen) atoms. The van der Waals surface area contributed by atoms with Crippen LogP contribution in [-0.4, -0.2) is 19.5 Å². The van der Waals surface area contributed by atoms with Crippen LogP contribution in [0.15, 0.2) is 146 Å². The average molecular weight is 525 g/mol. The second-order valence-electron chi connectivity index (χ2n) is 10.1. The van der Waals surface area contributed by atoms with Gasteiger partial charge in [-0.15, -0.1) is 0 Å². The van der Waals surface area contributed by atoms with Gasteiger partial charge >= 0.3 is 0 Å². The van der Waals surface area contributed by atoms with Crippen molar-refractivity contribution in [3.05, 3.63) is 146 Å². The predicted octanol–water partition coefficient (Wildman–Crippen LogP) is 9.12. The van der Waals surface area contributed by atoms with Crippen LogP contribution in [0.25, 0.3) is 72.4 Å². The number of benzene rings is 6. The van der Waals surface area contributed by atoms with E-state index in [4.69, 9.17) is 15.0 Å². The summed E-state index contributed by atoms with van der Waals surface area (Å²) < 4.78 is 2.18. The monoisotopic (exact) mass is 524 g/mol. The van der Waals surface area contributed by atoms with Gasteiger partial charge in [-0.1, -0.05) is 127 Å². The van der Waals surface area contributed by atoms with E-state index in [0.717, 1.165) is 22.2 Å². The molecule has 0 radical (unpaired) electrons. The van der Waals surface area contributed by atoms with Crippen molar-refractivity contribution < 1.29 is 0 Å². The molecular formula is C37H24N4. The fourth-order valence-corrected chi connectivity index (χ4v) is 5.72. The zero-order chi connectivity index (χ0) is 27.2. The summed E-state index contributed by atoms with van der Waals surface area (Å²) in [5, 5.41) is 4.77. The summed E-state index contributed by atoms with van der Waals surface area (Å²) >= 11 is 0. The summed E-state index contributed by atoms with van der Waals surface area (Å²) in [5.74, 6) is 1.89. The molecule has 0 aliphatic heterocycles. The Kier molecular flexibility index (Phi) is 5.42. The van der Waals surface area contributed by atoms with Gasteiger partial charge in [0.15, 0.2) is 11.6 Å². The molecule has 2 heterocycles. The Morgan fingerprint density at radius 3 is 1.63 bits per heavy atom. The number of para-hydroxylation sites is 1. The lowest BCUT2D eigenvalue weighted by Crippen LogP contribution is -2.06. The number of rotatable bonds is 4. The first kappa shape index (κ1) is 23.3. The maximum absolute atomic E-state index is 5.05. The lowest BCUT2D eigenvalue weighted by molar-refractivity contribution is 0.953. The largest absolute Gasteiger partial charge is 0.278 e. The Balaban J connectivity index is 1.41. The van der Waals surface area contributed by atoms with Gasteiger partial charge < -0.3 is 0 Å². The van der Waals surface area contributed by atoms with E-state index in [-0.39, 0.29) is 0 Å². The molecular weight excluding hydrogens is 500 g/mol. The van der Waals surface area contributed by atoms with E-state index in [0.29, 0.717) is 17.6 Å². The van der Waals surface area contributed by atoms with Crippen molar-refractivity contribution in [2.75, 3.05) is 0 Å². The van der Waals surface area contributed by atoms with Crippen molar-refractivity contribution in [3.8, 4) is 39.9 Å². The molecule has 0 aliphatic rings. The van der Waals surface area contributed by atoms with E-state index in [1.54, 1.807) is 0 Å². The molecule has 192 valence electrons. The third kappa shape index (κ3) is 3.97. The molecule has 0 amide bonds. The molecule has 0 saturated carbocycles. The normalized spacial score (nSPS) is 11.4. The summed E-state index contributed by atoms with van der Waals surface area (Å²) in [7, 11) is 0. The predicted molar refractivity (Wildman–Crippen MR) is 168 cm³/mol. The van der Waals surface area contributed by atoms with Gasteiger partial charge in [0, 0.05) is 21.9 Å². The van der Waals surface area contributed by atoms with Crippen molar-refractivity contribution in [2.24, 2.45) is 0 Å². The Bertz CT molecular complexity index is 2130. The number of hydrogen-bond donors (Lipinski definition) is 0. The Hall–Kier alpha value is -5.61. The van der Waals surface area contributed by atoms with Crippen molar-refractivity contribution in [3.63, 3.8) is 0 Å². The molecule has 0 saturated heterocycles. The molecule has 8 rings (SSSR count). The van der Waals surface area contributed by atoms with Crippen LogP contribution in [0, 0.1) is 0 Å². The molecule has 0 unspecified atom stereocenters. The summed E-state index contributed by atoms with van der Waals surface area (Å²) in [6.45, 7) is 0. The van der Waals surface area contributed by atoms with Gasteiger partial charge in [0.25, 0.3) is 0 Å². The van der Waals surface area contributed by atoms with Gasteiger partial charge in [-0.05, 0) is 40.1 Å². The van der Waals surface area contributed by atoms with Gasteiger partial charge in [-0.2, -0.15) is 9.97 Å². The minimum absolute atomic E-state index is 0.601. The molecule has 4 heteroatoms. The topological polar surface area (TPSA) is 43.6 Å². The van der Waals surface area contributed by atoms with E-state index < -0.39 is 0 Å². The Labute approximate surface area is 237 Å². The first-order chi connectivity index (χ1) is 20.3. The zero-order valence-corrected chi connectivity index (χ0v) is 22.1. The van der Waals surface area contributed by atoms with Crippen LogP contribution in [-0.2, 0) is 0 Å². The van der Waals surface area contributed by atoms with Crippen molar-refractivity contribution >= 4 is 32.6 Å². The third-order valence-electron chi connectivity index (χ3n) is 7.65. The third-order valence-corrected chi connectivity index (χ3v) is 7.65. The van der Waals surface area contributed by atoms with Crippen LogP contribution in [0.4, 0.5) is 0 Å². The van der Waals surface area contributed by atoms with Crippen molar-refractivity contribution in [1.29, 1.82) is 0 Å². The molecule has 4 nitrogen and oxygen atoms in total. The summed E-state index contributed by atoms with van der Waals surface area (Å²) in [6.07, 6.45) is 0. The molecule has 6 aromatic carbocycles. The zero-order valence-electron chi connectivity index (χ0n) is 22.1. The first-order valence-electron chi connectivity index (χ1n) is 13.7. The molecule has 2 aromatic heterocycles. The minimum atomic E-state index is 0.601. The summed E-state index contributed by atoms with van der Waals surface area (Å²) in [5.41, 5.74) is 6.45. The average Bonchev–Trinajstić information content (AvgIpc) is 3.40. The standard InChI is InChI=1S/C37H24N4/c1-4-12-25(13-5-1)28-20-22-30-29(24-28)21-23-33-34(30)31-18-10-11-19-32(31)41(33)37-39-35(26-14-6-2-7-15-26)38-36(40-37)27-16-8-3-9-17-27/h1-24H. The molecule has 0 spiro atoms. The Morgan fingerprint density at radius 1 is 0.390 bits per heavy atom. The van der Waals surface area contributed by atoms with E-state index >= 15 is 0 Å². The lowest BCUT2D eigenvalue weighted by Gasteiger charge is -2.11. The maximum atomic E-state index is 5.05. The highest BCUT2D eigenvalue weighted by Gasteiger charge is 2.19. The van der Waals surface area contributed by atoms with Crippen molar-refractivity contribution in [2.45, 2.75) is 0 Å². The van der Waals surface area contributed by atoms with Gasteiger partial charge in [0.2, 0.25) is 5.95 Å². The Morgan fingerprint density at radius 2 is 0.976 bits per heavy atom. The highest BCUT2D eigenvalue weighted by Crippen LogP contribution is 2.38. The highest BCUT2D eigenvalue weighted by atomic mass is 15.2. The maximum Gasteiger partial charge on any atom is 0.238 e. The van der Waals surface area contributed by atoms with Gasteiger partial charge in [0.1, 0.15) is 0 Å². The molecule has 0 N–H and O–H groups in total. The number of aromatic nitrogens is 4. The van der Waals surface area contributed by atoms with E-state index in [1.165, 1.54) is 32.7 Å². The summed E-state index contributed by atoms with van der Waals surface area (Å²) in [6, 6.07) is 50.4. The lowest BCUT2D eigenvalue weighted by atomic mass is 9.98. The molecule has 0 atom stereocenters. The molecule has 0 aliphatic carbocycles. The van der Waals surface area contributed by atoms with Crippen LogP contribution >= 0.6 is 0 Å². The number of nitrogens with zero attached hydrogens (tertiary/aromatic N) is 4. The van der Waals surface area contributed by atoms with Crippen LogP contribution in [0.5, 0.6) is 0 Å². The quantitative estimate of drug-likeness (QED) is 0.231. The summed E-state index contributed by atoms with van der Waals surface area (Å²) in [4.78, 5) is 15.0. The molecule has 0 bridgehead atoms. The second kappa shape index (κ2) is 9.54. The van der Waals surface area contributed by atoms with Crippen LogP contribution in [0.1, 0.15) is 0 Å². The number of hydrogen-bond acceptors (Lipinski definition) is 3. The van der Waals surface area contributed by atoms with E-state index in [1.807, 2.05) is 60.7 Å². The van der Waals surface area contributed by atoms with Gasteiger partial charge in [0.05, 0.1) is 11.0 Å². The van der Waals surface area contributed by atoms with Gasteiger partial charge in [-0.25, -0.2) is 4.98 Å². The highest BCUT2D eigenvalue weighted by molar-refractivity contribution is 6.21. The fourth-order valence-electron chi connectivity index (χ4n) is 5.72. The second-order valence-corrected chi connectivity index (χ2v) is 10.1. The molecule has 0 fully saturated rings.